The Morgan fingerprint density at radius 3 is 2.50 bits per heavy atom. The van der Waals surface area contributed by atoms with Crippen LogP contribution < -0.4 is 0 Å². The molecule has 2 fully saturated rings. The molecule has 2 saturated heterocycles. The highest BCUT2D eigenvalue weighted by Gasteiger charge is 2.45. The summed E-state index contributed by atoms with van der Waals surface area (Å²) in [5.41, 5.74) is 1.30. The number of hydrogen-bond acceptors (Lipinski definition) is 4. The van der Waals surface area contributed by atoms with Crippen LogP contribution in [0.4, 0.5) is 4.39 Å². The van der Waals surface area contributed by atoms with Crippen LogP contribution >= 0.6 is 0 Å². The van der Waals surface area contributed by atoms with E-state index in [1.165, 1.54) is 16.4 Å². The van der Waals surface area contributed by atoms with E-state index >= 15 is 0 Å². The van der Waals surface area contributed by atoms with E-state index < -0.39 is 15.6 Å². The monoisotopic (exact) mass is 405 g/mol. The molecular weight excluding hydrogens is 381 g/mol. The molecular formula is C21H24FNO4S. The average molecular weight is 405 g/mol. The Morgan fingerprint density at radius 2 is 1.79 bits per heavy atom. The molecule has 2 atom stereocenters. The number of benzene rings is 2. The van der Waals surface area contributed by atoms with Gasteiger partial charge in [0.15, 0.2) is 0 Å². The summed E-state index contributed by atoms with van der Waals surface area (Å²) >= 11 is 0. The number of nitrogens with zero attached hydrogens (tertiary/aromatic N) is 1. The van der Waals surface area contributed by atoms with Gasteiger partial charge in [0.1, 0.15) is 5.82 Å². The highest BCUT2D eigenvalue weighted by molar-refractivity contribution is 7.89. The molecule has 28 heavy (non-hydrogen) atoms. The zero-order chi connectivity index (χ0) is 19.8. The third-order valence-electron chi connectivity index (χ3n) is 5.55. The van der Waals surface area contributed by atoms with Gasteiger partial charge in [-0.25, -0.2) is 12.8 Å². The van der Waals surface area contributed by atoms with Crippen LogP contribution in [0.25, 0.3) is 0 Å². The van der Waals surface area contributed by atoms with Gasteiger partial charge in [0.25, 0.3) is 0 Å². The maximum Gasteiger partial charge on any atom is 0.243 e. The zero-order valence-electron chi connectivity index (χ0n) is 15.8. The second kappa shape index (κ2) is 7.55. The van der Waals surface area contributed by atoms with Crippen molar-refractivity contribution in [1.82, 2.24) is 4.31 Å². The molecule has 4 rings (SSSR count). The lowest BCUT2D eigenvalue weighted by molar-refractivity contribution is -0.163. The van der Waals surface area contributed by atoms with Crippen molar-refractivity contribution < 1.29 is 22.3 Å². The van der Waals surface area contributed by atoms with Crippen LogP contribution in [-0.2, 0) is 19.5 Å². The van der Waals surface area contributed by atoms with Gasteiger partial charge in [-0.05, 0) is 36.8 Å². The summed E-state index contributed by atoms with van der Waals surface area (Å²) in [5, 5.41) is 0. The molecule has 2 heterocycles. The van der Waals surface area contributed by atoms with Crippen LogP contribution in [0, 0.1) is 12.7 Å². The number of morpholine rings is 1. The minimum Gasteiger partial charge on any atom is -0.373 e. The van der Waals surface area contributed by atoms with Crippen molar-refractivity contribution in [2.24, 2.45) is 0 Å². The summed E-state index contributed by atoms with van der Waals surface area (Å²) in [4.78, 5) is 0.303. The van der Waals surface area contributed by atoms with Crippen molar-refractivity contribution in [2.45, 2.75) is 36.4 Å². The van der Waals surface area contributed by atoms with Crippen molar-refractivity contribution in [2.75, 3.05) is 26.3 Å². The number of aryl methyl sites for hydroxylation is 1. The Bertz CT molecular complexity index is 926. The van der Waals surface area contributed by atoms with Gasteiger partial charge in [-0.1, -0.05) is 29.8 Å². The van der Waals surface area contributed by atoms with E-state index in [0.717, 1.165) is 11.1 Å². The molecule has 5 nitrogen and oxygen atoms in total. The van der Waals surface area contributed by atoms with Crippen molar-refractivity contribution >= 4 is 10.0 Å². The lowest BCUT2D eigenvalue weighted by Crippen LogP contribution is -2.56. The van der Waals surface area contributed by atoms with E-state index in [0.29, 0.717) is 44.0 Å². The van der Waals surface area contributed by atoms with E-state index in [4.69, 9.17) is 9.47 Å². The van der Waals surface area contributed by atoms with Crippen LogP contribution in [-0.4, -0.2) is 44.6 Å². The van der Waals surface area contributed by atoms with Gasteiger partial charge in [0.05, 0.1) is 29.8 Å². The molecule has 0 bridgehead atoms. The van der Waals surface area contributed by atoms with Crippen LogP contribution in [0.2, 0.25) is 0 Å². The molecule has 0 radical (unpaired) electrons. The normalized spacial score (nSPS) is 26.4. The molecule has 0 aliphatic carbocycles. The third-order valence-corrected chi connectivity index (χ3v) is 7.41. The number of hydrogen-bond donors (Lipinski definition) is 0. The summed E-state index contributed by atoms with van der Waals surface area (Å²) in [5.74, 6) is -0.293. The molecule has 0 unspecified atom stereocenters. The van der Waals surface area contributed by atoms with Crippen LogP contribution in [0.5, 0.6) is 0 Å². The Hall–Kier alpha value is -1.80. The Labute approximate surface area is 165 Å². The summed E-state index contributed by atoms with van der Waals surface area (Å²) < 4.78 is 53.0. The molecule has 1 spiro atoms. The summed E-state index contributed by atoms with van der Waals surface area (Å²) in [6.45, 7) is 3.38. The first-order chi connectivity index (χ1) is 13.4. The molecule has 2 aromatic carbocycles. The van der Waals surface area contributed by atoms with Crippen LogP contribution in [0.15, 0.2) is 53.4 Å². The summed E-state index contributed by atoms with van der Waals surface area (Å²) in [7, 11) is -3.58. The van der Waals surface area contributed by atoms with Gasteiger partial charge in [-0.15, -0.1) is 0 Å². The Kier molecular flexibility index (Phi) is 5.26. The van der Waals surface area contributed by atoms with Crippen molar-refractivity contribution in [3.63, 3.8) is 0 Å². The maximum absolute atomic E-state index is 13.2. The summed E-state index contributed by atoms with van der Waals surface area (Å²) in [6.07, 6.45) is 0.930. The fourth-order valence-corrected chi connectivity index (χ4v) is 5.43. The first-order valence-electron chi connectivity index (χ1n) is 9.46. The van der Waals surface area contributed by atoms with Gasteiger partial charge in [0, 0.05) is 25.9 Å². The Balaban J connectivity index is 1.55. The quantitative estimate of drug-likeness (QED) is 0.785. The van der Waals surface area contributed by atoms with E-state index in [9.17, 15) is 12.8 Å². The van der Waals surface area contributed by atoms with Gasteiger partial charge in [-0.2, -0.15) is 4.31 Å². The largest absolute Gasteiger partial charge is 0.373 e. The predicted octanol–water partition coefficient (Wildman–Crippen LogP) is 3.45. The number of halogens is 1. The third kappa shape index (κ3) is 3.85. The Morgan fingerprint density at radius 1 is 1.07 bits per heavy atom. The van der Waals surface area contributed by atoms with Crippen LogP contribution in [0.1, 0.15) is 30.1 Å². The van der Waals surface area contributed by atoms with E-state index in [2.05, 4.69) is 0 Å². The molecule has 2 aliphatic rings. The minimum absolute atomic E-state index is 0.239. The average Bonchev–Trinajstić information content (AvgIpc) is 2.69. The standard InChI is InChI=1S/C21H24FNO4S/c1-16-2-8-19(9-3-16)28(24,25)23-11-13-27-21(15-23)10-12-26-20(14-21)17-4-6-18(22)7-5-17/h2-9,20H,10-15H2,1H3/t20-,21-/m1/s1. The van der Waals surface area contributed by atoms with E-state index in [1.807, 2.05) is 19.1 Å². The molecule has 0 N–H and O–H groups in total. The number of rotatable bonds is 3. The van der Waals surface area contributed by atoms with Crippen molar-refractivity contribution in [3.05, 3.63) is 65.5 Å². The van der Waals surface area contributed by atoms with Gasteiger partial charge in [0.2, 0.25) is 10.0 Å². The molecule has 0 saturated carbocycles. The highest BCUT2D eigenvalue weighted by atomic mass is 32.2. The summed E-state index contributed by atoms with van der Waals surface area (Å²) in [6, 6.07) is 13.2. The zero-order valence-corrected chi connectivity index (χ0v) is 16.6. The van der Waals surface area contributed by atoms with E-state index in [1.54, 1.807) is 24.3 Å². The maximum atomic E-state index is 13.2. The first-order valence-corrected chi connectivity index (χ1v) is 10.9. The fourth-order valence-electron chi connectivity index (χ4n) is 3.93. The smallest absolute Gasteiger partial charge is 0.243 e. The van der Waals surface area contributed by atoms with Gasteiger partial charge >= 0.3 is 0 Å². The molecule has 0 aromatic heterocycles. The lowest BCUT2D eigenvalue weighted by Gasteiger charge is -2.46. The van der Waals surface area contributed by atoms with Crippen molar-refractivity contribution in [3.8, 4) is 0 Å². The van der Waals surface area contributed by atoms with Gasteiger partial charge in [-0.3, -0.25) is 0 Å². The first kappa shape index (κ1) is 19.5. The second-order valence-electron chi connectivity index (χ2n) is 7.55. The fraction of sp³-hybridized carbons (Fsp3) is 0.429. The molecule has 7 heteroatoms. The lowest BCUT2D eigenvalue weighted by atomic mass is 9.86. The predicted molar refractivity (Wildman–Crippen MR) is 103 cm³/mol. The highest BCUT2D eigenvalue weighted by Crippen LogP contribution is 2.39. The van der Waals surface area contributed by atoms with Crippen LogP contribution in [0.3, 0.4) is 0 Å². The minimum atomic E-state index is -3.58. The topological polar surface area (TPSA) is 55.8 Å². The molecule has 2 aliphatic heterocycles. The SMILES string of the molecule is Cc1ccc(S(=O)(=O)N2CCO[C@@]3(CCO[C@@H](c4ccc(F)cc4)C3)C2)cc1. The molecule has 0 amide bonds. The number of sulfonamides is 1. The number of ether oxygens (including phenoxy) is 2. The van der Waals surface area contributed by atoms with Gasteiger partial charge < -0.3 is 9.47 Å². The van der Waals surface area contributed by atoms with Crippen molar-refractivity contribution in [1.29, 1.82) is 0 Å². The molecule has 2 aromatic rings. The second-order valence-corrected chi connectivity index (χ2v) is 9.49. The molecule has 150 valence electrons. The van der Waals surface area contributed by atoms with E-state index in [-0.39, 0.29) is 11.9 Å².